The quantitative estimate of drug-likeness (QED) is 0.874. The fourth-order valence-electron chi connectivity index (χ4n) is 2.74. The number of morpholine rings is 1. The smallest absolute Gasteiger partial charge is 0.301 e. The number of ether oxygens (including phenoxy) is 1. The van der Waals surface area contributed by atoms with Gasteiger partial charge in [0.1, 0.15) is 0 Å². The largest absolute Gasteiger partial charge is 0.378 e. The molecule has 1 aromatic rings. The minimum atomic E-state index is -3.40. The first kappa shape index (κ1) is 13.7. The first-order valence-corrected chi connectivity index (χ1v) is 8.22. The van der Waals surface area contributed by atoms with E-state index in [4.69, 9.17) is 4.74 Å². The van der Waals surface area contributed by atoms with Gasteiger partial charge in [0.15, 0.2) is 0 Å². The third kappa shape index (κ3) is 2.36. The predicted octanol–water partition coefficient (Wildman–Crippen LogP) is 0.350. The topological polar surface area (TPSA) is 61.9 Å². The molecule has 0 amide bonds. The van der Waals surface area contributed by atoms with Gasteiger partial charge in [-0.1, -0.05) is 0 Å². The number of nitrogens with zero attached hydrogens (tertiary/aromatic N) is 2. The van der Waals surface area contributed by atoms with Crippen LogP contribution in [-0.2, 0) is 21.4 Å². The molecule has 0 spiro atoms. The molecule has 0 unspecified atom stereocenters. The monoisotopic (exact) mass is 297 g/mol. The third-order valence-electron chi connectivity index (χ3n) is 3.84. The van der Waals surface area contributed by atoms with E-state index in [1.807, 2.05) is 12.1 Å². The van der Waals surface area contributed by atoms with Crippen LogP contribution < -0.4 is 13.9 Å². The van der Waals surface area contributed by atoms with Crippen molar-refractivity contribution in [2.75, 3.05) is 49.1 Å². The first-order valence-electron chi connectivity index (χ1n) is 6.78. The van der Waals surface area contributed by atoms with E-state index in [-0.39, 0.29) is 0 Å². The van der Waals surface area contributed by atoms with Crippen LogP contribution in [0.3, 0.4) is 0 Å². The molecule has 1 aromatic carbocycles. The Morgan fingerprint density at radius 1 is 1.20 bits per heavy atom. The van der Waals surface area contributed by atoms with Gasteiger partial charge in [0.05, 0.1) is 18.9 Å². The second-order valence-corrected chi connectivity index (χ2v) is 6.74. The minimum absolute atomic E-state index is 0.505. The summed E-state index contributed by atoms with van der Waals surface area (Å²) >= 11 is 0. The van der Waals surface area contributed by atoms with E-state index in [1.165, 1.54) is 11.4 Å². The van der Waals surface area contributed by atoms with Crippen molar-refractivity contribution in [2.24, 2.45) is 0 Å². The number of hydrogen-bond acceptors (Lipinski definition) is 4. The van der Waals surface area contributed by atoms with Crippen molar-refractivity contribution >= 4 is 21.6 Å². The van der Waals surface area contributed by atoms with E-state index < -0.39 is 10.2 Å². The van der Waals surface area contributed by atoms with Crippen LogP contribution in [0, 0.1) is 0 Å². The maximum atomic E-state index is 11.9. The Bertz CT molecular complexity index is 597. The first-order chi connectivity index (χ1) is 9.62. The summed E-state index contributed by atoms with van der Waals surface area (Å²) in [4.78, 5) is 2.28. The zero-order valence-corrected chi connectivity index (χ0v) is 12.3. The fourth-order valence-corrected chi connectivity index (χ4v) is 3.73. The molecule has 7 heteroatoms. The summed E-state index contributed by atoms with van der Waals surface area (Å²) in [5.74, 6) is 0. The molecule has 1 N–H and O–H groups in total. The summed E-state index contributed by atoms with van der Waals surface area (Å²) in [5, 5.41) is 0. The van der Waals surface area contributed by atoms with E-state index in [0.717, 1.165) is 49.7 Å². The van der Waals surface area contributed by atoms with Crippen LogP contribution in [-0.4, -0.2) is 48.3 Å². The van der Waals surface area contributed by atoms with E-state index in [0.29, 0.717) is 6.54 Å². The summed E-state index contributed by atoms with van der Waals surface area (Å²) in [5.41, 5.74) is 3.03. The van der Waals surface area contributed by atoms with Crippen LogP contribution in [0.25, 0.3) is 0 Å². The summed E-state index contributed by atoms with van der Waals surface area (Å²) in [7, 11) is -1.96. The van der Waals surface area contributed by atoms with Crippen LogP contribution in [0.1, 0.15) is 5.56 Å². The Hall–Kier alpha value is -1.31. The van der Waals surface area contributed by atoms with Gasteiger partial charge in [-0.3, -0.25) is 4.31 Å². The molecule has 2 heterocycles. The van der Waals surface area contributed by atoms with E-state index >= 15 is 0 Å². The minimum Gasteiger partial charge on any atom is -0.378 e. The molecule has 2 aliphatic rings. The molecule has 0 atom stereocenters. The number of nitrogens with one attached hydrogen (secondary N) is 1. The molecule has 110 valence electrons. The van der Waals surface area contributed by atoms with Crippen molar-refractivity contribution in [3.8, 4) is 0 Å². The van der Waals surface area contributed by atoms with Crippen molar-refractivity contribution in [1.29, 1.82) is 0 Å². The summed E-state index contributed by atoms with van der Waals surface area (Å²) in [6.07, 6.45) is 0.758. The van der Waals surface area contributed by atoms with Crippen molar-refractivity contribution < 1.29 is 13.2 Å². The number of fused-ring (bicyclic) bond motifs is 1. The van der Waals surface area contributed by atoms with E-state index in [9.17, 15) is 8.42 Å². The van der Waals surface area contributed by atoms with Crippen molar-refractivity contribution in [3.63, 3.8) is 0 Å². The SMILES string of the molecule is CNS(=O)(=O)N1CCc2cc(N3CCOCC3)ccc21. The molecule has 6 nitrogen and oxygen atoms in total. The summed E-state index contributed by atoms with van der Waals surface area (Å²) < 4.78 is 33.0. The molecule has 2 aliphatic heterocycles. The Kier molecular flexibility index (Phi) is 3.57. The molecule has 20 heavy (non-hydrogen) atoms. The average molecular weight is 297 g/mol. The van der Waals surface area contributed by atoms with Gasteiger partial charge in [-0.2, -0.15) is 8.42 Å². The lowest BCUT2D eigenvalue weighted by atomic mass is 10.1. The second-order valence-electron chi connectivity index (χ2n) is 4.94. The van der Waals surface area contributed by atoms with Crippen molar-refractivity contribution in [2.45, 2.75) is 6.42 Å². The van der Waals surface area contributed by atoms with Crippen LogP contribution >= 0.6 is 0 Å². The second kappa shape index (κ2) is 5.23. The Balaban J connectivity index is 1.88. The van der Waals surface area contributed by atoms with Gasteiger partial charge in [0.25, 0.3) is 0 Å². The number of benzene rings is 1. The van der Waals surface area contributed by atoms with Crippen LogP contribution in [0.5, 0.6) is 0 Å². The van der Waals surface area contributed by atoms with E-state index in [2.05, 4.69) is 15.7 Å². The fraction of sp³-hybridized carbons (Fsp3) is 0.538. The molecular weight excluding hydrogens is 278 g/mol. The van der Waals surface area contributed by atoms with Gasteiger partial charge in [0.2, 0.25) is 0 Å². The molecule has 0 aliphatic carbocycles. The summed E-state index contributed by atoms with van der Waals surface area (Å²) in [6, 6.07) is 6.00. The standard InChI is InChI=1S/C13H19N3O3S/c1-14-20(17,18)16-5-4-11-10-12(2-3-13(11)16)15-6-8-19-9-7-15/h2-3,10,14H,4-9H2,1H3. The van der Waals surface area contributed by atoms with Crippen LogP contribution in [0.15, 0.2) is 18.2 Å². The molecule has 0 bridgehead atoms. The Morgan fingerprint density at radius 3 is 2.65 bits per heavy atom. The molecule has 1 fully saturated rings. The zero-order chi connectivity index (χ0) is 14.2. The van der Waals surface area contributed by atoms with Crippen molar-refractivity contribution in [1.82, 2.24) is 4.72 Å². The molecule has 0 aromatic heterocycles. The van der Waals surface area contributed by atoms with Crippen LogP contribution in [0.2, 0.25) is 0 Å². The van der Waals surface area contributed by atoms with Gasteiger partial charge in [-0.05, 0) is 30.2 Å². The average Bonchev–Trinajstić information content (AvgIpc) is 2.92. The number of hydrogen-bond donors (Lipinski definition) is 1. The normalized spacial score (nSPS) is 19.2. The highest BCUT2D eigenvalue weighted by Crippen LogP contribution is 2.33. The molecular formula is C13H19N3O3S. The molecule has 1 saturated heterocycles. The Labute approximate surface area is 119 Å². The molecule has 0 radical (unpaired) electrons. The number of rotatable bonds is 3. The number of anilines is 2. The van der Waals surface area contributed by atoms with Crippen LogP contribution in [0.4, 0.5) is 11.4 Å². The highest BCUT2D eigenvalue weighted by molar-refractivity contribution is 7.90. The van der Waals surface area contributed by atoms with Gasteiger partial charge < -0.3 is 9.64 Å². The van der Waals surface area contributed by atoms with Gasteiger partial charge in [0, 0.05) is 32.4 Å². The lowest BCUT2D eigenvalue weighted by Crippen LogP contribution is -2.37. The third-order valence-corrected chi connectivity index (χ3v) is 5.32. The van der Waals surface area contributed by atoms with Crippen molar-refractivity contribution in [3.05, 3.63) is 23.8 Å². The Morgan fingerprint density at radius 2 is 1.95 bits per heavy atom. The lowest BCUT2D eigenvalue weighted by Gasteiger charge is -2.29. The van der Waals surface area contributed by atoms with Gasteiger partial charge >= 0.3 is 10.2 Å². The highest BCUT2D eigenvalue weighted by Gasteiger charge is 2.28. The maximum absolute atomic E-state index is 11.9. The highest BCUT2D eigenvalue weighted by atomic mass is 32.2. The van der Waals surface area contributed by atoms with E-state index in [1.54, 1.807) is 0 Å². The maximum Gasteiger partial charge on any atom is 0.301 e. The van der Waals surface area contributed by atoms with Gasteiger partial charge in [-0.15, -0.1) is 0 Å². The summed E-state index contributed by atoms with van der Waals surface area (Å²) in [6.45, 7) is 3.77. The molecule has 3 rings (SSSR count). The predicted molar refractivity (Wildman–Crippen MR) is 78.5 cm³/mol. The molecule has 0 saturated carbocycles. The lowest BCUT2D eigenvalue weighted by molar-refractivity contribution is 0.122. The van der Waals surface area contributed by atoms with Gasteiger partial charge in [-0.25, -0.2) is 4.72 Å². The zero-order valence-electron chi connectivity index (χ0n) is 11.5.